The van der Waals surface area contributed by atoms with Gasteiger partial charge in [-0.3, -0.25) is 0 Å². The molecule has 3 unspecified atom stereocenters. The number of aliphatic hydroxyl groups is 1. The van der Waals surface area contributed by atoms with Crippen molar-refractivity contribution in [2.24, 2.45) is 5.92 Å². The smallest absolute Gasteiger partial charge is 0.0716 e. The molecule has 0 saturated carbocycles. The third-order valence-electron chi connectivity index (χ3n) is 3.13. The monoisotopic (exact) mass is 200 g/mol. The van der Waals surface area contributed by atoms with Gasteiger partial charge in [0, 0.05) is 38.2 Å². The van der Waals surface area contributed by atoms with E-state index in [1.807, 2.05) is 0 Å². The molecule has 4 heteroatoms. The van der Waals surface area contributed by atoms with E-state index < -0.39 is 0 Å². The summed E-state index contributed by atoms with van der Waals surface area (Å²) in [4.78, 5) is 0. The number of rotatable bonds is 3. The van der Waals surface area contributed by atoms with Gasteiger partial charge in [0.15, 0.2) is 0 Å². The highest BCUT2D eigenvalue weighted by atomic mass is 16.5. The van der Waals surface area contributed by atoms with Crippen LogP contribution in [0.4, 0.5) is 0 Å². The van der Waals surface area contributed by atoms with Crippen molar-refractivity contribution in [3.8, 4) is 0 Å². The van der Waals surface area contributed by atoms with Gasteiger partial charge >= 0.3 is 0 Å². The van der Waals surface area contributed by atoms with Crippen molar-refractivity contribution in [3.05, 3.63) is 0 Å². The average molecular weight is 200 g/mol. The molecule has 4 nitrogen and oxygen atoms in total. The van der Waals surface area contributed by atoms with Crippen LogP contribution in [0.5, 0.6) is 0 Å². The van der Waals surface area contributed by atoms with E-state index in [2.05, 4.69) is 10.6 Å². The fraction of sp³-hybridized carbons (Fsp3) is 1.00. The maximum Gasteiger partial charge on any atom is 0.0716 e. The Morgan fingerprint density at radius 1 is 1.43 bits per heavy atom. The first-order chi connectivity index (χ1) is 6.86. The average Bonchev–Trinajstić information content (AvgIpc) is 2.63. The fourth-order valence-corrected chi connectivity index (χ4v) is 2.15. The Hall–Kier alpha value is -0.160. The van der Waals surface area contributed by atoms with Crippen LogP contribution in [0.1, 0.15) is 12.8 Å². The standard InChI is InChI=1S/C10H20N2O2/c13-10-6-11-4-8(10)5-12-9-2-1-3-14-7-9/h8-13H,1-7H2. The zero-order valence-corrected chi connectivity index (χ0v) is 8.54. The molecule has 82 valence electrons. The number of β-amino-alcohol motifs (C(OH)–C–C–N with tert-alkyl or cyclic N) is 1. The predicted octanol–water partition coefficient (Wildman–Crippen LogP) is -0.665. The molecule has 0 aliphatic carbocycles. The number of nitrogens with one attached hydrogen (secondary N) is 2. The molecule has 3 N–H and O–H groups in total. The molecule has 2 fully saturated rings. The fourth-order valence-electron chi connectivity index (χ4n) is 2.15. The minimum absolute atomic E-state index is 0.174. The summed E-state index contributed by atoms with van der Waals surface area (Å²) in [5.74, 6) is 0.372. The van der Waals surface area contributed by atoms with Crippen LogP contribution < -0.4 is 10.6 Å². The lowest BCUT2D eigenvalue weighted by Gasteiger charge is -2.25. The molecule has 0 aromatic heterocycles. The summed E-state index contributed by atoms with van der Waals surface area (Å²) in [5.41, 5.74) is 0. The lowest BCUT2D eigenvalue weighted by atomic mass is 10.0. The molecule has 0 amide bonds. The van der Waals surface area contributed by atoms with Crippen molar-refractivity contribution in [2.45, 2.75) is 25.0 Å². The molecule has 14 heavy (non-hydrogen) atoms. The van der Waals surface area contributed by atoms with Gasteiger partial charge in [-0.15, -0.1) is 0 Å². The highest BCUT2D eigenvalue weighted by Crippen LogP contribution is 2.10. The Kier molecular flexibility index (Phi) is 3.75. The molecule has 0 spiro atoms. The van der Waals surface area contributed by atoms with Gasteiger partial charge in [-0.05, 0) is 12.8 Å². The Morgan fingerprint density at radius 3 is 3.00 bits per heavy atom. The summed E-state index contributed by atoms with van der Waals surface area (Å²) in [6, 6.07) is 0.497. The van der Waals surface area contributed by atoms with Crippen LogP contribution in [-0.4, -0.2) is 50.1 Å². The largest absolute Gasteiger partial charge is 0.391 e. The molecule has 0 radical (unpaired) electrons. The van der Waals surface area contributed by atoms with Crippen LogP contribution in [0.2, 0.25) is 0 Å². The molecule has 0 bridgehead atoms. The lowest BCUT2D eigenvalue weighted by Crippen LogP contribution is -2.41. The second kappa shape index (κ2) is 5.07. The zero-order chi connectivity index (χ0) is 9.80. The minimum Gasteiger partial charge on any atom is -0.391 e. The zero-order valence-electron chi connectivity index (χ0n) is 8.54. The summed E-state index contributed by atoms with van der Waals surface area (Å²) in [6.07, 6.45) is 2.19. The molecule has 2 aliphatic heterocycles. The van der Waals surface area contributed by atoms with Gasteiger partial charge in [0.25, 0.3) is 0 Å². The van der Waals surface area contributed by atoms with E-state index in [1.165, 1.54) is 6.42 Å². The van der Waals surface area contributed by atoms with E-state index in [-0.39, 0.29) is 6.10 Å². The first-order valence-corrected chi connectivity index (χ1v) is 5.56. The maximum absolute atomic E-state index is 9.58. The highest BCUT2D eigenvalue weighted by molar-refractivity contribution is 4.83. The highest BCUT2D eigenvalue weighted by Gasteiger charge is 2.25. The molecule has 2 rings (SSSR count). The Morgan fingerprint density at radius 2 is 2.36 bits per heavy atom. The van der Waals surface area contributed by atoms with Crippen molar-refractivity contribution in [3.63, 3.8) is 0 Å². The van der Waals surface area contributed by atoms with E-state index in [0.717, 1.165) is 39.3 Å². The molecule has 0 aromatic rings. The summed E-state index contributed by atoms with van der Waals surface area (Å²) in [5, 5.41) is 16.2. The van der Waals surface area contributed by atoms with Gasteiger partial charge in [0.2, 0.25) is 0 Å². The summed E-state index contributed by atoms with van der Waals surface area (Å²) >= 11 is 0. The van der Waals surface area contributed by atoms with Crippen LogP contribution >= 0.6 is 0 Å². The summed E-state index contributed by atoms with van der Waals surface area (Å²) < 4.78 is 5.38. The van der Waals surface area contributed by atoms with Crippen LogP contribution in [0.25, 0.3) is 0 Å². The van der Waals surface area contributed by atoms with Crippen molar-refractivity contribution in [2.75, 3.05) is 32.8 Å². The quantitative estimate of drug-likeness (QED) is 0.566. The molecule has 0 aromatic carbocycles. The van der Waals surface area contributed by atoms with E-state index in [1.54, 1.807) is 0 Å². The van der Waals surface area contributed by atoms with Crippen LogP contribution in [0, 0.1) is 5.92 Å². The number of hydrogen-bond donors (Lipinski definition) is 3. The minimum atomic E-state index is -0.174. The summed E-state index contributed by atoms with van der Waals surface area (Å²) in [6.45, 7) is 4.32. The number of ether oxygens (including phenoxy) is 1. The van der Waals surface area contributed by atoms with Crippen LogP contribution in [-0.2, 0) is 4.74 Å². The van der Waals surface area contributed by atoms with Gasteiger partial charge in [-0.1, -0.05) is 0 Å². The molecular formula is C10H20N2O2. The SMILES string of the molecule is OC1CNCC1CNC1CCCOC1. The van der Waals surface area contributed by atoms with Crippen molar-refractivity contribution >= 4 is 0 Å². The molecular weight excluding hydrogens is 180 g/mol. The first kappa shape index (κ1) is 10.4. The van der Waals surface area contributed by atoms with Gasteiger partial charge < -0.3 is 20.5 Å². The number of hydrogen-bond acceptors (Lipinski definition) is 4. The Labute approximate surface area is 85.0 Å². The summed E-state index contributed by atoms with van der Waals surface area (Å²) in [7, 11) is 0. The predicted molar refractivity (Wildman–Crippen MR) is 54.2 cm³/mol. The van der Waals surface area contributed by atoms with E-state index in [0.29, 0.717) is 12.0 Å². The maximum atomic E-state index is 9.58. The lowest BCUT2D eigenvalue weighted by molar-refractivity contribution is 0.0656. The van der Waals surface area contributed by atoms with Crippen molar-refractivity contribution in [1.82, 2.24) is 10.6 Å². The second-order valence-electron chi connectivity index (χ2n) is 4.31. The van der Waals surface area contributed by atoms with Gasteiger partial charge in [-0.2, -0.15) is 0 Å². The van der Waals surface area contributed by atoms with E-state index >= 15 is 0 Å². The van der Waals surface area contributed by atoms with Crippen LogP contribution in [0.3, 0.4) is 0 Å². The van der Waals surface area contributed by atoms with Gasteiger partial charge in [0.1, 0.15) is 0 Å². The Bertz CT molecular complexity index is 172. The number of aliphatic hydroxyl groups excluding tert-OH is 1. The third kappa shape index (κ3) is 2.67. The van der Waals surface area contributed by atoms with Gasteiger partial charge in [0.05, 0.1) is 12.7 Å². The topological polar surface area (TPSA) is 53.5 Å². The first-order valence-electron chi connectivity index (χ1n) is 5.56. The van der Waals surface area contributed by atoms with E-state index in [4.69, 9.17) is 4.74 Å². The van der Waals surface area contributed by atoms with Crippen molar-refractivity contribution in [1.29, 1.82) is 0 Å². The molecule has 2 aliphatic rings. The van der Waals surface area contributed by atoms with Crippen LogP contribution in [0.15, 0.2) is 0 Å². The second-order valence-corrected chi connectivity index (χ2v) is 4.31. The Balaban J connectivity index is 1.65. The van der Waals surface area contributed by atoms with Crippen molar-refractivity contribution < 1.29 is 9.84 Å². The third-order valence-corrected chi connectivity index (χ3v) is 3.13. The molecule has 2 heterocycles. The molecule has 2 saturated heterocycles. The normalized spacial score (nSPS) is 38.8. The van der Waals surface area contributed by atoms with Gasteiger partial charge in [-0.25, -0.2) is 0 Å². The molecule has 3 atom stereocenters. The van der Waals surface area contributed by atoms with E-state index in [9.17, 15) is 5.11 Å².